The quantitative estimate of drug-likeness (QED) is 0.713. The molecule has 0 saturated carbocycles. The molecular formula is C11H20N2O2. The van der Waals surface area contributed by atoms with Gasteiger partial charge in [-0.1, -0.05) is 0 Å². The summed E-state index contributed by atoms with van der Waals surface area (Å²) in [6, 6.07) is 0.596. The molecule has 2 saturated heterocycles. The molecule has 2 fully saturated rings. The van der Waals surface area contributed by atoms with Gasteiger partial charge in [-0.2, -0.15) is 0 Å². The zero-order chi connectivity index (χ0) is 10.9. The molecule has 2 aliphatic rings. The van der Waals surface area contributed by atoms with Crippen LogP contribution in [0.25, 0.3) is 0 Å². The molecule has 86 valence electrons. The predicted octanol–water partition coefficient (Wildman–Crippen LogP) is 1.36. The SMILES string of the molecule is CC(C)N1CCCC2(CC1)COC(=O)N2. The molecule has 0 aliphatic carbocycles. The van der Waals surface area contributed by atoms with Crippen LogP contribution in [0.5, 0.6) is 0 Å². The normalized spacial score (nSPS) is 32.9. The molecule has 1 N–H and O–H groups in total. The van der Waals surface area contributed by atoms with Crippen LogP contribution >= 0.6 is 0 Å². The molecule has 2 aliphatic heterocycles. The smallest absolute Gasteiger partial charge is 0.407 e. The number of rotatable bonds is 1. The van der Waals surface area contributed by atoms with E-state index in [1.54, 1.807) is 0 Å². The Morgan fingerprint density at radius 2 is 2.20 bits per heavy atom. The summed E-state index contributed by atoms with van der Waals surface area (Å²) in [6.07, 6.45) is 2.95. The standard InChI is InChI=1S/C11H20N2O2/c1-9(2)13-6-3-4-11(5-7-13)8-15-10(14)12-11/h9H,3-8H2,1-2H3,(H,12,14). The van der Waals surface area contributed by atoms with Crippen molar-refractivity contribution >= 4 is 6.09 Å². The monoisotopic (exact) mass is 212 g/mol. The van der Waals surface area contributed by atoms with E-state index < -0.39 is 0 Å². The summed E-state index contributed by atoms with van der Waals surface area (Å²) in [4.78, 5) is 13.6. The number of carbonyl (C=O) groups excluding carboxylic acids is 1. The molecule has 4 nitrogen and oxygen atoms in total. The van der Waals surface area contributed by atoms with Crippen LogP contribution in [-0.2, 0) is 4.74 Å². The van der Waals surface area contributed by atoms with Crippen LogP contribution in [0.3, 0.4) is 0 Å². The highest BCUT2D eigenvalue weighted by Gasteiger charge is 2.40. The minimum atomic E-state index is -0.243. The number of ether oxygens (including phenoxy) is 1. The Morgan fingerprint density at radius 3 is 2.80 bits per heavy atom. The minimum Gasteiger partial charge on any atom is -0.447 e. The second-order valence-electron chi connectivity index (χ2n) is 4.96. The molecule has 0 aromatic carbocycles. The van der Waals surface area contributed by atoms with Crippen LogP contribution in [0.4, 0.5) is 4.79 Å². The molecule has 2 rings (SSSR count). The fourth-order valence-electron chi connectivity index (χ4n) is 2.49. The van der Waals surface area contributed by atoms with Gasteiger partial charge in [-0.05, 0) is 39.7 Å². The molecule has 1 unspecified atom stereocenters. The topological polar surface area (TPSA) is 41.6 Å². The van der Waals surface area contributed by atoms with E-state index in [1.165, 1.54) is 0 Å². The molecule has 4 heteroatoms. The van der Waals surface area contributed by atoms with Crippen LogP contribution in [-0.4, -0.2) is 42.3 Å². The van der Waals surface area contributed by atoms with E-state index in [-0.39, 0.29) is 11.6 Å². The van der Waals surface area contributed by atoms with Gasteiger partial charge in [-0.25, -0.2) is 4.79 Å². The Bertz CT molecular complexity index is 255. The zero-order valence-corrected chi connectivity index (χ0v) is 9.58. The molecule has 1 amide bonds. The van der Waals surface area contributed by atoms with Gasteiger partial charge in [-0.3, -0.25) is 0 Å². The summed E-state index contributed by atoms with van der Waals surface area (Å²) < 4.78 is 5.03. The molecule has 0 aromatic rings. The zero-order valence-electron chi connectivity index (χ0n) is 9.58. The third kappa shape index (κ3) is 2.25. The highest BCUT2D eigenvalue weighted by molar-refractivity contribution is 5.70. The number of nitrogens with zero attached hydrogens (tertiary/aromatic N) is 1. The Hall–Kier alpha value is -0.770. The van der Waals surface area contributed by atoms with Crippen molar-refractivity contribution in [2.45, 2.75) is 44.7 Å². The van der Waals surface area contributed by atoms with Crippen molar-refractivity contribution in [2.24, 2.45) is 0 Å². The lowest BCUT2D eigenvalue weighted by Gasteiger charge is -2.26. The molecular weight excluding hydrogens is 192 g/mol. The summed E-state index contributed by atoms with van der Waals surface area (Å²) >= 11 is 0. The summed E-state index contributed by atoms with van der Waals surface area (Å²) in [5.41, 5.74) is -0.0687. The lowest BCUT2D eigenvalue weighted by atomic mass is 9.92. The number of alkyl carbamates (subject to hydrolysis) is 1. The maximum atomic E-state index is 11.1. The second-order valence-corrected chi connectivity index (χ2v) is 4.96. The molecule has 0 bridgehead atoms. The maximum absolute atomic E-state index is 11.1. The Labute approximate surface area is 91.0 Å². The third-order valence-electron chi connectivity index (χ3n) is 3.56. The van der Waals surface area contributed by atoms with Crippen LogP contribution in [0.15, 0.2) is 0 Å². The fraction of sp³-hybridized carbons (Fsp3) is 0.909. The van der Waals surface area contributed by atoms with Gasteiger partial charge < -0.3 is 15.0 Å². The molecule has 1 spiro atoms. The van der Waals surface area contributed by atoms with Crippen LogP contribution < -0.4 is 5.32 Å². The summed E-state index contributed by atoms with van der Waals surface area (Å²) in [5.74, 6) is 0. The van der Waals surface area contributed by atoms with E-state index in [4.69, 9.17) is 4.74 Å². The highest BCUT2D eigenvalue weighted by Crippen LogP contribution is 2.27. The number of likely N-dealkylation sites (tertiary alicyclic amines) is 1. The van der Waals surface area contributed by atoms with E-state index in [0.717, 1.165) is 32.4 Å². The Kier molecular flexibility index (Phi) is 2.87. The van der Waals surface area contributed by atoms with Crippen molar-refractivity contribution in [3.63, 3.8) is 0 Å². The van der Waals surface area contributed by atoms with Gasteiger partial charge in [-0.15, -0.1) is 0 Å². The van der Waals surface area contributed by atoms with Gasteiger partial charge in [0.1, 0.15) is 6.61 Å². The highest BCUT2D eigenvalue weighted by atomic mass is 16.6. The molecule has 2 heterocycles. The van der Waals surface area contributed by atoms with Gasteiger partial charge in [0.2, 0.25) is 0 Å². The molecule has 0 radical (unpaired) electrons. The van der Waals surface area contributed by atoms with Gasteiger partial charge in [0.15, 0.2) is 0 Å². The average Bonchev–Trinajstić information content (AvgIpc) is 2.43. The van der Waals surface area contributed by atoms with Crippen molar-refractivity contribution in [3.8, 4) is 0 Å². The van der Waals surface area contributed by atoms with Crippen molar-refractivity contribution in [1.82, 2.24) is 10.2 Å². The van der Waals surface area contributed by atoms with Gasteiger partial charge >= 0.3 is 6.09 Å². The summed E-state index contributed by atoms with van der Waals surface area (Å²) in [6.45, 7) is 7.19. The predicted molar refractivity (Wildman–Crippen MR) is 57.8 cm³/mol. The van der Waals surface area contributed by atoms with E-state index in [2.05, 4.69) is 24.1 Å². The van der Waals surface area contributed by atoms with Crippen molar-refractivity contribution < 1.29 is 9.53 Å². The number of carbonyl (C=O) groups is 1. The first-order valence-corrected chi connectivity index (χ1v) is 5.80. The van der Waals surface area contributed by atoms with Crippen molar-refractivity contribution in [3.05, 3.63) is 0 Å². The lowest BCUT2D eigenvalue weighted by molar-refractivity contribution is 0.169. The number of hydrogen-bond donors (Lipinski definition) is 1. The summed E-state index contributed by atoms with van der Waals surface area (Å²) in [7, 11) is 0. The van der Waals surface area contributed by atoms with Gasteiger partial charge in [0.25, 0.3) is 0 Å². The molecule has 0 aromatic heterocycles. The van der Waals surface area contributed by atoms with Gasteiger partial charge in [0, 0.05) is 12.6 Å². The molecule has 15 heavy (non-hydrogen) atoms. The van der Waals surface area contributed by atoms with Crippen LogP contribution in [0, 0.1) is 0 Å². The van der Waals surface area contributed by atoms with E-state index in [9.17, 15) is 4.79 Å². The fourth-order valence-corrected chi connectivity index (χ4v) is 2.49. The number of amides is 1. The lowest BCUT2D eigenvalue weighted by Crippen LogP contribution is -2.44. The first-order valence-electron chi connectivity index (χ1n) is 5.80. The summed E-state index contributed by atoms with van der Waals surface area (Å²) in [5, 5.41) is 2.98. The first kappa shape index (κ1) is 10.7. The van der Waals surface area contributed by atoms with Crippen molar-refractivity contribution in [2.75, 3.05) is 19.7 Å². The van der Waals surface area contributed by atoms with E-state index in [0.29, 0.717) is 12.6 Å². The largest absolute Gasteiger partial charge is 0.447 e. The molecule has 1 atom stereocenters. The number of nitrogens with one attached hydrogen (secondary N) is 1. The second kappa shape index (κ2) is 4.00. The van der Waals surface area contributed by atoms with Gasteiger partial charge in [0.05, 0.1) is 5.54 Å². The van der Waals surface area contributed by atoms with E-state index in [1.807, 2.05) is 0 Å². The number of hydrogen-bond acceptors (Lipinski definition) is 3. The Morgan fingerprint density at radius 1 is 1.40 bits per heavy atom. The van der Waals surface area contributed by atoms with Crippen LogP contribution in [0.1, 0.15) is 33.1 Å². The van der Waals surface area contributed by atoms with E-state index >= 15 is 0 Å². The number of cyclic esters (lactones) is 1. The average molecular weight is 212 g/mol. The third-order valence-corrected chi connectivity index (χ3v) is 3.56. The minimum absolute atomic E-state index is 0.0687. The van der Waals surface area contributed by atoms with Crippen molar-refractivity contribution in [1.29, 1.82) is 0 Å². The maximum Gasteiger partial charge on any atom is 0.407 e. The Balaban J connectivity index is 1.98. The first-order chi connectivity index (χ1) is 7.11. The van der Waals surface area contributed by atoms with Crippen LogP contribution in [0.2, 0.25) is 0 Å².